The molecule has 1 heterocycles. The fourth-order valence-electron chi connectivity index (χ4n) is 0.594. The van der Waals surface area contributed by atoms with Gasteiger partial charge in [-0.1, -0.05) is 0 Å². The van der Waals surface area contributed by atoms with Gasteiger partial charge in [0.05, 0.1) is 0 Å². The lowest BCUT2D eigenvalue weighted by Gasteiger charge is -1.88. The second-order valence-electron chi connectivity index (χ2n) is 1.89. The quantitative estimate of drug-likeness (QED) is 0.456. The highest BCUT2D eigenvalue weighted by atomic mass is 35.5. The van der Waals surface area contributed by atoms with Crippen LogP contribution in [-0.4, -0.2) is 23.1 Å². The second-order valence-corrected chi connectivity index (χ2v) is 3.09. The van der Waals surface area contributed by atoms with Crippen LogP contribution in [0.15, 0.2) is 5.38 Å². The van der Waals surface area contributed by atoms with E-state index in [9.17, 15) is 9.59 Å². The molecule has 0 bridgehead atoms. The van der Waals surface area contributed by atoms with Crippen molar-refractivity contribution in [2.75, 3.05) is 12.4 Å². The van der Waals surface area contributed by atoms with Crippen LogP contribution < -0.4 is 5.32 Å². The molecule has 0 amide bonds. The van der Waals surface area contributed by atoms with Crippen molar-refractivity contribution >= 4 is 39.1 Å². The molecule has 1 aromatic heterocycles. The van der Waals surface area contributed by atoms with Crippen molar-refractivity contribution in [3.8, 4) is 0 Å². The van der Waals surface area contributed by atoms with Gasteiger partial charge < -0.3 is 5.32 Å². The molecule has 0 saturated carbocycles. The fraction of sp³-hybridized carbons (Fsp3) is 0.167. The molecule has 0 radical (unpaired) electrons. The summed E-state index contributed by atoms with van der Waals surface area (Å²) in [6.07, 6.45) is 0. The molecule has 0 aliphatic rings. The second kappa shape index (κ2) is 3.64. The molecular weight excluding hydrogens is 200 g/mol. The molecule has 6 heteroatoms. The van der Waals surface area contributed by atoms with E-state index in [1.165, 1.54) is 16.7 Å². The minimum atomic E-state index is -1.01. The molecule has 12 heavy (non-hydrogen) atoms. The van der Waals surface area contributed by atoms with Gasteiger partial charge in [-0.15, -0.1) is 11.3 Å². The fourth-order valence-corrected chi connectivity index (χ4v) is 1.34. The number of anilines is 1. The van der Waals surface area contributed by atoms with Crippen molar-refractivity contribution in [1.82, 2.24) is 4.98 Å². The Balaban J connectivity index is 2.89. The number of carbonyl (C=O) groups excluding carboxylic acids is 2. The van der Waals surface area contributed by atoms with Crippen LogP contribution in [0, 0.1) is 0 Å². The number of ketones is 1. The number of carbonyl (C=O) groups is 2. The SMILES string of the molecule is CNc1nc(C(=O)C(=O)Cl)cs1. The average molecular weight is 205 g/mol. The highest BCUT2D eigenvalue weighted by Gasteiger charge is 2.16. The van der Waals surface area contributed by atoms with Gasteiger partial charge in [-0.2, -0.15) is 0 Å². The molecule has 0 aliphatic carbocycles. The predicted molar refractivity (Wildman–Crippen MR) is 46.9 cm³/mol. The summed E-state index contributed by atoms with van der Waals surface area (Å²) in [5.41, 5.74) is 0.0874. The Kier molecular flexibility index (Phi) is 2.78. The zero-order valence-corrected chi connectivity index (χ0v) is 7.70. The van der Waals surface area contributed by atoms with Crippen LogP contribution >= 0.6 is 22.9 Å². The van der Waals surface area contributed by atoms with Gasteiger partial charge in [0.2, 0.25) is 0 Å². The zero-order valence-electron chi connectivity index (χ0n) is 6.13. The molecular formula is C6H5ClN2O2S. The van der Waals surface area contributed by atoms with Crippen LogP contribution in [0.3, 0.4) is 0 Å². The van der Waals surface area contributed by atoms with E-state index in [-0.39, 0.29) is 5.69 Å². The molecule has 1 rings (SSSR count). The first-order chi connectivity index (χ1) is 5.65. The van der Waals surface area contributed by atoms with E-state index in [1.54, 1.807) is 7.05 Å². The first kappa shape index (κ1) is 9.15. The number of hydrogen-bond donors (Lipinski definition) is 1. The number of nitrogens with zero attached hydrogens (tertiary/aromatic N) is 1. The summed E-state index contributed by atoms with van der Waals surface area (Å²) in [6.45, 7) is 0. The van der Waals surface area contributed by atoms with Crippen molar-refractivity contribution < 1.29 is 9.59 Å². The summed E-state index contributed by atoms with van der Waals surface area (Å²) in [6, 6.07) is 0. The normalized spacial score (nSPS) is 9.50. The van der Waals surface area contributed by atoms with Crippen molar-refractivity contribution in [2.45, 2.75) is 0 Å². The van der Waals surface area contributed by atoms with Gasteiger partial charge >= 0.3 is 0 Å². The van der Waals surface area contributed by atoms with Gasteiger partial charge in [0, 0.05) is 12.4 Å². The van der Waals surface area contributed by atoms with E-state index in [0.717, 1.165) is 0 Å². The number of Topliss-reactive ketones (excluding diaryl/α,β-unsaturated/α-hetero) is 1. The van der Waals surface area contributed by atoms with Gasteiger partial charge in [-0.05, 0) is 11.6 Å². The molecule has 0 atom stereocenters. The molecule has 0 fully saturated rings. The predicted octanol–water partition coefficient (Wildman–Crippen LogP) is 1.13. The molecule has 1 N–H and O–H groups in total. The molecule has 1 aromatic rings. The Hall–Kier alpha value is -0.940. The number of aromatic nitrogens is 1. The highest BCUT2D eigenvalue weighted by molar-refractivity contribution is 7.14. The molecule has 64 valence electrons. The number of halogens is 1. The topological polar surface area (TPSA) is 59.1 Å². The Morgan fingerprint density at radius 2 is 2.33 bits per heavy atom. The first-order valence-electron chi connectivity index (χ1n) is 3.02. The zero-order chi connectivity index (χ0) is 9.14. The maximum atomic E-state index is 10.9. The van der Waals surface area contributed by atoms with E-state index < -0.39 is 11.0 Å². The van der Waals surface area contributed by atoms with Crippen LogP contribution in [0.25, 0.3) is 0 Å². The van der Waals surface area contributed by atoms with Crippen molar-refractivity contribution in [2.24, 2.45) is 0 Å². The summed E-state index contributed by atoms with van der Waals surface area (Å²) < 4.78 is 0. The summed E-state index contributed by atoms with van der Waals surface area (Å²) >= 11 is 6.21. The summed E-state index contributed by atoms with van der Waals surface area (Å²) in [4.78, 5) is 25.1. The van der Waals surface area contributed by atoms with Gasteiger partial charge in [-0.3, -0.25) is 9.59 Å². The number of thiazole rings is 1. The summed E-state index contributed by atoms with van der Waals surface area (Å²) in [5.74, 6) is -0.769. The van der Waals surface area contributed by atoms with Gasteiger partial charge in [0.25, 0.3) is 11.0 Å². The van der Waals surface area contributed by atoms with Gasteiger partial charge in [0.1, 0.15) is 5.69 Å². The van der Waals surface area contributed by atoms with E-state index in [1.807, 2.05) is 0 Å². The van der Waals surface area contributed by atoms with Crippen molar-refractivity contribution in [3.05, 3.63) is 11.1 Å². The van der Waals surface area contributed by atoms with Crippen LogP contribution in [-0.2, 0) is 4.79 Å². The van der Waals surface area contributed by atoms with E-state index in [2.05, 4.69) is 10.3 Å². The standard InChI is InChI=1S/C6H5ClN2O2S/c1-8-6-9-3(2-12-6)4(10)5(7)11/h2H,1H3,(H,8,9). The van der Waals surface area contributed by atoms with E-state index in [4.69, 9.17) is 11.6 Å². The smallest absolute Gasteiger partial charge is 0.294 e. The first-order valence-corrected chi connectivity index (χ1v) is 4.28. The van der Waals surface area contributed by atoms with Crippen LogP contribution in [0.1, 0.15) is 10.5 Å². The van der Waals surface area contributed by atoms with E-state index in [0.29, 0.717) is 5.13 Å². The van der Waals surface area contributed by atoms with Crippen molar-refractivity contribution in [3.63, 3.8) is 0 Å². The maximum absolute atomic E-state index is 10.9. The third kappa shape index (κ3) is 1.80. The minimum absolute atomic E-state index is 0.0874. The summed E-state index contributed by atoms with van der Waals surface area (Å²) in [5, 5.41) is 3.79. The minimum Gasteiger partial charge on any atom is -0.365 e. The molecule has 0 spiro atoms. The average Bonchev–Trinajstić information content (AvgIpc) is 2.50. The summed E-state index contributed by atoms with van der Waals surface area (Å²) in [7, 11) is 1.68. The van der Waals surface area contributed by atoms with Crippen LogP contribution in [0.2, 0.25) is 0 Å². The molecule has 0 aromatic carbocycles. The third-order valence-corrected chi connectivity index (χ3v) is 2.16. The Labute approximate surface area is 77.6 Å². The lowest BCUT2D eigenvalue weighted by atomic mass is 10.3. The lowest BCUT2D eigenvalue weighted by Crippen LogP contribution is -2.07. The number of nitrogens with one attached hydrogen (secondary N) is 1. The van der Waals surface area contributed by atoms with Gasteiger partial charge in [-0.25, -0.2) is 4.98 Å². The van der Waals surface area contributed by atoms with Crippen LogP contribution in [0.4, 0.5) is 5.13 Å². The largest absolute Gasteiger partial charge is 0.365 e. The highest BCUT2D eigenvalue weighted by Crippen LogP contribution is 2.15. The Morgan fingerprint density at radius 1 is 1.67 bits per heavy atom. The van der Waals surface area contributed by atoms with Crippen LogP contribution in [0.5, 0.6) is 0 Å². The molecule has 0 saturated heterocycles. The Morgan fingerprint density at radius 3 is 2.75 bits per heavy atom. The number of rotatable bonds is 3. The van der Waals surface area contributed by atoms with Gasteiger partial charge in [0.15, 0.2) is 5.13 Å². The van der Waals surface area contributed by atoms with E-state index >= 15 is 0 Å². The van der Waals surface area contributed by atoms with Crippen molar-refractivity contribution in [1.29, 1.82) is 0 Å². The Bertz CT molecular complexity index is 323. The lowest BCUT2D eigenvalue weighted by molar-refractivity contribution is -0.108. The molecule has 0 unspecified atom stereocenters. The monoisotopic (exact) mass is 204 g/mol. The molecule has 0 aliphatic heterocycles. The molecule has 4 nitrogen and oxygen atoms in total. The maximum Gasteiger partial charge on any atom is 0.294 e. The third-order valence-electron chi connectivity index (χ3n) is 1.13. The number of hydrogen-bond acceptors (Lipinski definition) is 5.